The fraction of sp³-hybridized carbons (Fsp3) is 0.368. The van der Waals surface area contributed by atoms with Crippen molar-refractivity contribution in [2.24, 2.45) is 0 Å². The highest BCUT2D eigenvalue weighted by molar-refractivity contribution is 5.94. The van der Waals surface area contributed by atoms with Gasteiger partial charge in [-0.3, -0.25) is 14.5 Å². The fourth-order valence-electron chi connectivity index (χ4n) is 3.03. The monoisotopic (exact) mass is 342 g/mol. The Kier molecular flexibility index (Phi) is 5.63. The van der Waals surface area contributed by atoms with Crippen molar-refractivity contribution in [2.75, 3.05) is 26.8 Å². The van der Waals surface area contributed by atoms with E-state index in [1.54, 1.807) is 25.2 Å². The number of carbonyl (C=O) groups excluding carboxylic acids is 2. The Labute approximate surface area is 146 Å². The van der Waals surface area contributed by atoms with E-state index >= 15 is 0 Å². The van der Waals surface area contributed by atoms with Crippen LogP contribution in [0.15, 0.2) is 47.1 Å². The summed E-state index contributed by atoms with van der Waals surface area (Å²) in [4.78, 5) is 26.4. The van der Waals surface area contributed by atoms with Gasteiger partial charge in [0.1, 0.15) is 0 Å². The molecule has 1 N–H and O–H groups in total. The molecule has 25 heavy (non-hydrogen) atoms. The van der Waals surface area contributed by atoms with Gasteiger partial charge in [0.05, 0.1) is 19.5 Å². The van der Waals surface area contributed by atoms with Crippen molar-refractivity contribution in [3.63, 3.8) is 0 Å². The minimum atomic E-state index is -0.103. The van der Waals surface area contributed by atoms with Crippen molar-refractivity contribution in [3.8, 4) is 0 Å². The van der Waals surface area contributed by atoms with Crippen LogP contribution in [0.3, 0.4) is 0 Å². The molecule has 1 saturated heterocycles. The van der Waals surface area contributed by atoms with Gasteiger partial charge in [0.2, 0.25) is 0 Å². The number of hydrogen-bond donors (Lipinski definition) is 1. The number of benzene rings is 1. The number of furan rings is 1. The van der Waals surface area contributed by atoms with E-state index in [0.29, 0.717) is 37.5 Å². The highest BCUT2D eigenvalue weighted by atomic mass is 16.5. The number of amides is 1. The molecule has 2 heterocycles. The van der Waals surface area contributed by atoms with Gasteiger partial charge in [0.25, 0.3) is 5.91 Å². The largest absolute Gasteiger partial charge is 0.461 e. The van der Waals surface area contributed by atoms with Crippen molar-refractivity contribution < 1.29 is 18.7 Å². The predicted octanol–water partition coefficient (Wildman–Crippen LogP) is 2.11. The van der Waals surface area contributed by atoms with Gasteiger partial charge in [0.15, 0.2) is 11.5 Å². The molecule has 1 atom stereocenters. The zero-order valence-electron chi connectivity index (χ0n) is 14.2. The van der Waals surface area contributed by atoms with E-state index in [9.17, 15) is 9.59 Å². The molecule has 1 aromatic heterocycles. The third-order valence-electron chi connectivity index (χ3n) is 4.37. The normalized spacial score (nSPS) is 18.0. The molecule has 0 spiro atoms. The van der Waals surface area contributed by atoms with Crippen LogP contribution in [0.1, 0.15) is 32.9 Å². The molecule has 6 heteroatoms. The molecule has 2 aromatic rings. The number of morpholine rings is 1. The Morgan fingerprint density at radius 1 is 1.28 bits per heavy atom. The second kappa shape index (κ2) is 8.09. The summed E-state index contributed by atoms with van der Waals surface area (Å²) in [5.41, 5.74) is 1.68. The maximum Gasteiger partial charge on any atom is 0.251 e. The van der Waals surface area contributed by atoms with Crippen LogP contribution in [0, 0.1) is 0 Å². The number of ether oxygens (including phenoxy) is 1. The minimum Gasteiger partial charge on any atom is -0.461 e. The molecule has 1 aromatic carbocycles. The highest BCUT2D eigenvalue weighted by Gasteiger charge is 2.26. The summed E-state index contributed by atoms with van der Waals surface area (Å²) < 4.78 is 10.8. The Balaban J connectivity index is 1.69. The van der Waals surface area contributed by atoms with E-state index in [2.05, 4.69) is 10.2 Å². The van der Waals surface area contributed by atoms with Crippen LogP contribution < -0.4 is 5.32 Å². The average Bonchev–Trinajstić information content (AvgIpc) is 3.18. The van der Waals surface area contributed by atoms with E-state index in [1.807, 2.05) is 18.2 Å². The second-order valence-corrected chi connectivity index (χ2v) is 6.08. The molecule has 0 radical (unpaired) electrons. The van der Waals surface area contributed by atoms with Crippen molar-refractivity contribution in [3.05, 3.63) is 59.5 Å². The van der Waals surface area contributed by atoms with E-state index in [0.717, 1.165) is 12.1 Å². The second-order valence-electron chi connectivity index (χ2n) is 6.08. The van der Waals surface area contributed by atoms with Gasteiger partial charge >= 0.3 is 0 Å². The van der Waals surface area contributed by atoms with Gasteiger partial charge in [-0.2, -0.15) is 0 Å². The van der Waals surface area contributed by atoms with Crippen LogP contribution >= 0.6 is 0 Å². The van der Waals surface area contributed by atoms with Gasteiger partial charge in [-0.05, 0) is 29.8 Å². The molecular weight excluding hydrogens is 320 g/mol. The van der Waals surface area contributed by atoms with Gasteiger partial charge < -0.3 is 14.5 Å². The maximum absolute atomic E-state index is 12.3. The molecule has 0 aliphatic carbocycles. The molecule has 0 saturated carbocycles. The lowest BCUT2D eigenvalue weighted by atomic mass is 10.0. The summed E-state index contributed by atoms with van der Waals surface area (Å²) in [5.74, 6) is 0.255. The number of carbonyl (C=O) groups is 2. The van der Waals surface area contributed by atoms with Gasteiger partial charge in [0, 0.05) is 38.2 Å². The summed E-state index contributed by atoms with van der Waals surface area (Å²) in [7, 11) is 1.62. The van der Waals surface area contributed by atoms with E-state index in [4.69, 9.17) is 9.15 Å². The first-order chi connectivity index (χ1) is 12.2. The molecule has 1 aliphatic rings. The maximum atomic E-state index is 12.3. The lowest BCUT2D eigenvalue weighted by Crippen LogP contribution is -2.45. The van der Waals surface area contributed by atoms with Crippen LogP contribution in [-0.4, -0.2) is 49.4 Å². The third-order valence-corrected chi connectivity index (χ3v) is 4.37. The van der Waals surface area contributed by atoms with Gasteiger partial charge in [-0.15, -0.1) is 0 Å². The molecule has 1 amide bonds. The molecule has 0 unspecified atom stereocenters. The van der Waals surface area contributed by atoms with Crippen molar-refractivity contribution in [1.82, 2.24) is 10.2 Å². The molecule has 1 aliphatic heterocycles. The highest BCUT2D eigenvalue weighted by Crippen LogP contribution is 2.18. The standard InChI is InChI=1S/C19H22N2O4/c1-20-19(23)15-5-2-4-14(10-15)12-21-7-9-24-13-16(21)11-17(22)18-6-3-8-25-18/h2-6,8,10,16H,7,9,11-13H2,1H3,(H,20,23)/t16-/m1/s1. The molecule has 132 valence electrons. The number of Topliss-reactive ketones (excluding diaryl/α,β-unsaturated/α-hetero) is 1. The summed E-state index contributed by atoms with van der Waals surface area (Å²) in [6, 6.07) is 10.9. The first-order valence-corrected chi connectivity index (χ1v) is 8.37. The van der Waals surface area contributed by atoms with Crippen molar-refractivity contribution in [2.45, 2.75) is 19.0 Å². The summed E-state index contributed by atoms with van der Waals surface area (Å²) in [5, 5.41) is 2.63. The Morgan fingerprint density at radius 2 is 2.16 bits per heavy atom. The number of ketones is 1. The third kappa shape index (κ3) is 4.35. The Hall–Kier alpha value is -2.44. The zero-order valence-corrected chi connectivity index (χ0v) is 14.2. The molecular formula is C19H22N2O4. The first kappa shape index (κ1) is 17.4. The van der Waals surface area contributed by atoms with E-state index in [-0.39, 0.29) is 17.7 Å². The van der Waals surface area contributed by atoms with Gasteiger partial charge in [-0.1, -0.05) is 12.1 Å². The van der Waals surface area contributed by atoms with Crippen molar-refractivity contribution in [1.29, 1.82) is 0 Å². The van der Waals surface area contributed by atoms with Crippen LogP contribution in [0.5, 0.6) is 0 Å². The van der Waals surface area contributed by atoms with E-state index in [1.165, 1.54) is 6.26 Å². The summed E-state index contributed by atoms with van der Waals surface area (Å²) in [6.45, 7) is 2.58. The molecule has 1 fully saturated rings. The topological polar surface area (TPSA) is 71.8 Å². The molecule has 3 rings (SSSR count). The smallest absolute Gasteiger partial charge is 0.251 e. The quantitative estimate of drug-likeness (QED) is 0.814. The Bertz CT molecular complexity index is 727. The molecule has 6 nitrogen and oxygen atoms in total. The number of rotatable bonds is 6. The van der Waals surface area contributed by atoms with E-state index < -0.39 is 0 Å². The molecule has 0 bridgehead atoms. The average molecular weight is 342 g/mol. The zero-order chi connectivity index (χ0) is 17.6. The predicted molar refractivity (Wildman–Crippen MR) is 92.5 cm³/mol. The lowest BCUT2D eigenvalue weighted by Gasteiger charge is -2.35. The number of nitrogens with zero attached hydrogens (tertiary/aromatic N) is 1. The van der Waals surface area contributed by atoms with Crippen LogP contribution in [0.4, 0.5) is 0 Å². The minimum absolute atomic E-state index is 0.00462. The lowest BCUT2D eigenvalue weighted by molar-refractivity contribution is -0.0128. The summed E-state index contributed by atoms with van der Waals surface area (Å²) >= 11 is 0. The van der Waals surface area contributed by atoms with Crippen LogP contribution in [0.2, 0.25) is 0 Å². The number of hydrogen-bond acceptors (Lipinski definition) is 5. The fourth-order valence-corrected chi connectivity index (χ4v) is 3.03. The summed E-state index contributed by atoms with van der Waals surface area (Å²) in [6.07, 6.45) is 1.86. The van der Waals surface area contributed by atoms with Crippen molar-refractivity contribution >= 4 is 11.7 Å². The van der Waals surface area contributed by atoms with Crippen LogP contribution in [0.25, 0.3) is 0 Å². The SMILES string of the molecule is CNC(=O)c1cccc(CN2CCOC[C@H]2CC(=O)c2ccco2)c1. The van der Waals surface area contributed by atoms with Crippen LogP contribution in [-0.2, 0) is 11.3 Å². The number of nitrogens with one attached hydrogen (secondary N) is 1. The first-order valence-electron chi connectivity index (χ1n) is 8.37. The Morgan fingerprint density at radius 3 is 2.92 bits per heavy atom. The van der Waals surface area contributed by atoms with Gasteiger partial charge in [-0.25, -0.2) is 0 Å².